The van der Waals surface area contributed by atoms with Gasteiger partial charge in [-0.25, -0.2) is 0 Å². The zero-order valence-corrected chi connectivity index (χ0v) is 17.7. The Kier molecular flexibility index (Phi) is 6.18. The monoisotopic (exact) mass is 442 g/mol. The zero-order valence-electron chi connectivity index (χ0n) is 17.0. The third-order valence-corrected chi connectivity index (χ3v) is 5.93. The van der Waals surface area contributed by atoms with E-state index in [1.54, 1.807) is 36.8 Å². The molecule has 0 saturated carbocycles. The fraction of sp³-hybridized carbons (Fsp3) is 0.409. The summed E-state index contributed by atoms with van der Waals surface area (Å²) in [5, 5.41) is 3.30. The molecule has 8 nitrogen and oxygen atoms in total. The molecule has 4 rings (SSSR count). The van der Waals surface area contributed by atoms with Gasteiger partial charge >= 0.3 is 0 Å². The predicted molar refractivity (Wildman–Crippen MR) is 113 cm³/mol. The molecule has 0 aliphatic carbocycles. The molecule has 1 aromatic carbocycles. The second-order valence-electron chi connectivity index (χ2n) is 7.89. The van der Waals surface area contributed by atoms with Gasteiger partial charge in [0.05, 0.1) is 24.2 Å². The van der Waals surface area contributed by atoms with E-state index in [0.29, 0.717) is 48.7 Å². The molecular formula is C22H23ClN4O4. The first kappa shape index (κ1) is 21.2. The van der Waals surface area contributed by atoms with E-state index < -0.39 is 5.60 Å². The third kappa shape index (κ3) is 5.02. The Morgan fingerprint density at radius 2 is 2.13 bits per heavy atom. The van der Waals surface area contributed by atoms with E-state index in [2.05, 4.69) is 15.3 Å². The number of nitrogens with zero attached hydrogens (tertiary/aromatic N) is 3. The summed E-state index contributed by atoms with van der Waals surface area (Å²) in [7, 11) is 0. The van der Waals surface area contributed by atoms with E-state index in [-0.39, 0.29) is 37.0 Å². The number of carbonyl (C=O) groups is 3. The number of hydrogen-bond donors (Lipinski definition) is 1. The normalized spacial score (nSPS) is 20.7. The molecule has 2 aliphatic rings. The molecule has 3 heterocycles. The van der Waals surface area contributed by atoms with Crippen LogP contribution in [-0.4, -0.2) is 57.7 Å². The maximum atomic E-state index is 12.7. The Morgan fingerprint density at radius 3 is 2.94 bits per heavy atom. The van der Waals surface area contributed by atoms with Gasteiger partial charge in [0, 0.05) is 56.0 Å². The number of ketones is 1. The van der Waals surface area contributed by atoms with Gasteiger partial charge in [0.15, 0.2) is 5.78 Å². The minimum atomic E-state index is -0.731. The van der Waals surface area contributed by atoms with Crippen LogP contribution in [0.5, 0.6) is 5.75 Å². The summed E-state index contributed by atoms with van der Waals surface area (Å²) in [5.41, 5.74) is 0.537. The number of halogens is 1. The second-order valence-corrected chi connectivity index (χ2v) is 8.32. The van der Waals surface area contributed by atoms with Gasteiger partial charge in [-0.15, -0.1) is 0 Å². The fourth-order valence-electron chi connectivity index (χ4n) is 4.01. The van der Waals surface area contributed by atoms with Crippen molar-refractivity contribution < 1.29 is 19.1 Å². The van der Waals surface area contributed by atoms with E-state index in [9.17, 15) is 14.4 Å². The van der Waals surface area contributed by atoms with E-state index in [4.69, 9.17) is 16.3 Å². The lowest BCUT2D eigenvalue weighted by molar-refractivity contribution is -0.135. The number of nitrogens with one attached hydrogen (secondary N) is 1. The van der Waals surface area contributed by atoms with Crippen LogP contribution in [0.2, 0.25) is 5.02 Å². The standard InChI is InChI=1S/C22H23ClN4O4/c23-15-1-2-19-17(11-15)18(28)12-22(31-19)5-3-21(30)27(10-6-22)14-20(29)26-7-4-16-13-24-8-9-25-16/h1-2,8-9,11,13H,3-7,10,12,14H2,(H,26,29)/t22-/m1/s1. The maximum absolute atomic E-state index is 12.7. The van der Waals surface area contributed by atoms with Gasteiger partial charge in [-0.2, -0.15) is 0 Å². The van der Waals surface area contributed by atoms with Gasteiger partial charge in [-0.3, -0.25) is 24.4 Å². The molecule has 1 N–H and O–H groups in total. The molecule has 1 aromatic heterocycles. The van der Waals surface area contributed by atoms with Crippen LogP contribution in [0.1, 0.15) is 41.7 Å². The van der Waals surface area contributed by atoms with Crippen molar-refractivity contribution in [3.63, 3.8) is 0 Å². The lowest BCUT2D eigenvalue weighted by Crippen LogP contribution is -2.44. The molecule has 0 bridgehead atoms. The lowest BCUT2D eigenvalue weighted by atomic mass is 9.84. The Hall–Kier alpha value is -3.00. The third-order valence-electron chi connectivity index (χ3n) is 5.69. The van der Waals surface area contributed by atoms with E-state index in [0.717, 1.165) is 5.69 Å². The molecule has 162 valence electrons. The van der Waals surface area contributed by atoms with Gasteiger partial charge in [-0.05, 0) is 24.6 Å². The minimum absolute atomic E-state index is 0.0183. The number of rotatable bonds is 5. The summed E-state index contributed by atoms with van der Waals surface area (Å²) in [6.07, 6.45) is 6.77. The first-order valence-corrected chi connectivity index (χ1v) is 10.6. The van der Waals surface area contributed by atoms with Crippen LogP contribution in [0.25, 0.3) is 0 Å². The first-order chi connectivity index (χ1) is 14.9. The highest BCUT2D eigenvalue weighted by molar-refractivity contribution is 6.31. The first-order valence-electron chi connectivity index (χ1n) is 10.3. The Bertz CT molecular complexity index is 1000. The molecule has 1 saturated heterocycles. The van der Waals surface area contributed by atoms with E-state index >= 15 is 0 Å². The van der Waals surface area contributed by atoms with Gasteiger partial charge in [0.25, 0.3) is 0 Å². The van der Waals surface area contributed by atoms with E-state index in [1.807, 2.05) is 0 Å². The highest BCUT2D eigenvalue weighted by atomic mass is 35.5. The predicted octanol–water partition coefficient (Wildman–Crippen LogP) is 2.21. The maximum Gasteiger partial charge on any atom is 0.239 e. The van der Waals surface area contributed by atoms with E-state index in [1.165, 1.54) is 4.90 Å². The fourth-order valence-corrected chi connectivity index (χ4v) is 4.18. The van der Waals surface area contributed by atoms with Crippen LogP contribution in [0.3, 0.4) is 0 Å². The van der Waals surface area contributed by atoms with Crippen LogP contribution in [-0.2, 0) is 16.0 Å². The zero-order chi connectivity index (χ0) is 21.8. The minimum Gasteiger partial charge on any atom is -0.486 e. The number of carbonyl (C=O) groups excluding carboxylic acids is 3. The number of benzene rings is 1. The van der Waals surface area contributed by atoms with Crippen molar-refractivity contribution in [1.29, 1.82) is 0 Å². The Morgan fingerprint density at radius 1 is 1.26 bits per heavy atom. The number of ether oxygens (including phenoxy) is 1. The summed E-state index contributed by atoms with van der Waals surface area (Å²) in [6, 6.07) is 5.00. The lowest BCUT2D eigenvalue weighted by Gasteiger charge is -2.37. The molecule has 2 aromatic rings. The van der Waals surface area contributed by atoms with Crippen molar-refractivity contribution >= 4 is 29.2 Å². The number of likely N-dealkylation sites (tertiary alicyclic amines) is 1. The molecule has 2 amide bonds. The smallest absolute Gasteiger partial charge is 0.239 e. The number of fused-ring (bicyclic) bond motifs is 1. The van der Waals surface area contributed by atoms with Crippen molar-refractivity contribution in [1.82, 2.24) is 20.2 Å². The number of aromatic nitrogens is 2. The van der Waals surface area contributed by atoms with Gasteiger partial charge in [-0.1, -0.05) is 11.6 Å². The van der Waals surface area contributed by atoms with Crippen molar-refractivity contribution in [3.8, 4) is 5.75 Å². The van der Waals surface area contributed by atoms with Gasteiger partial charge in [0.2, 0.25) is 11.8 Å². The highest BCUT2D eigenvalue weighted by Gasteiger charge is 2.43. The average molecular weight is 443 g/mol. The number of Topliss-reactive ketones (excluding diaryl/α,β-unsaturated/α-hetero) is 1. The van der Waals surface area contributed by atoms with Gasteiger partial charge < -0.3 is 15.0 Å². The quantitative estimate of drug-likeness (QED) is 0.761. The molecule has 0 unspecified atom stereocenters. The molecule has 2 aliphatic heterocycles. The summed E-state index contributed by atoms with van der Waals surface area (Å²) in [5.74, 6) is 0.127. The topological polar surface area (TPSA) is 101 Å². The molecule has 1 fully saturated rings. The van der Waals surface area contributed by atoms with Crippen molar-refractivity contribution in [2.75, 3.05) is 19.6 Å². The summed E-state index contributed by atoms with van der Waals surface area (Å²) in [6.45, 7) is 0.753. The summed E-state index contributed by atoms with van der Waals surface area (Å²) >= 11 is 6.00. The SMILES string of the molecule is O=C(CN1CC[C@]2(CCC1=O)CC(=O)c1cc(Cl)ccc1O2)NCCc1cnccn1. The highest BCUT2D eigenvalue weighted by Crippen LogP contribution is 2.40. The molecule has 1 spiro atoms. The van der Waals surface area contributed by atoms with Crippen LogP contribution in [0.15, 0.2) is 36.8 Å². The van der Waals surface area contributed by atoms with Crippen LogP contribution in [0.4, 0.5) is 0 Å². The second kappa shape index (κ2) is 9.01. The average Bonchev–Trinajstić information content (AvgIpc) is 2.90. The largest absolute Gasteiger partial charge is 0.486 e. The van der Waals surface area contributed by atoms with Crippen LogP contribution in [0, 0.1) is 0 Å². The van der Waals surface area contributed by atoms with Crippen molar-refractivity contribution in [2.24, 2.45) is 0 Å². The Balaban J connectivity index is 1.34. The summed E-state index contributed by atoms with van der Waals surface area (Å²) in [4.78, 5) is 47.3. The van der Waals surface area contributed by atoms with Crippen LogP contribution >= 0.6 is 11.6 Å². The van der Waals surface area contributed by atoms with Crippen molar-refractivity contribution in [2.45, 2.75) is 37.7 Å². The van der Waals surface area contributed by atoms with Gasteiger partial charge in [0.1, 0.15) is 11.4 Å². The molecule has 1 atom stereocenters. The molecule has 9 heteroatoms. The van der Waals surface area contributed by atoms with Crippen LogP contribution < -0.4 is 10.1 Å². The number of amides is 2. The van der Waals surface area contributed by atoms with Crippen molar-refractivity contribution in [3.05, 3.63) is 53.1 Å². The number of hydrogen-bond acceptors (Lipinski definition) is 6. The summed E-state index contributed by atoms with van der Waals surface area (Å²) < 4.78 is 6.21. The molecule has 0 radical (unpaired) electrons. The Labute approximate surface area is 185 Å². The molecular weight excluding hydrogens is 420 g/mol. The molecule has 31 heavy (non-hydrogen) atoms.